The first kappa shape index (κ1) is 101. The Morgan fingerprint density at radius 2 is 0.849 bits per heavy atom. The number of nitrogens with one attached hydrogen (secondary N) is 4. The molecule has 7 N–H and O–H groups in total. The summed E-state index contributed by atoms with van der Waals surface area (Å²) >= 11 is 0. The molecule has 0 aliphatic carbocycles. The highest BCUT2D eigenvalue weighted by atomic mass is 16.6. The molecule has 3 aliphatic heterocycles. The molecular weight excluding hydrogens is 1520 g/mol. The molecule has 0 aromatic heterocycles. The molecule has 3 aliphatic rings. The second-order valence-corrected chi connectivity index (χ2v) is 39.7. The van der Waals surface area contributed by atoms with Crippen LogP contribution in [-0.2, 0) is 67.0 Å². The van der Waals surface area contributed by atoms with Crippen LogP contribution >= 0.6 is 0 Å². The van der Waals surface area contributed by atoms with E-state index in [2.05, 4.69) is 21.3 Å². The summed E-state index contributed by atoms with van der Waals surface area (Å²) < 4.78 is 10.5. The van der Waals surface area contributed by atoms with E-state index < -0.39 is 169 Å². The van der Waals surface area contributed by atoms with Gasteiger partial charge in [0.05, 0.1) is 77.6 Å². The molecule has 2 aromatic rings. The molecule has 3 saturated heterocycles. The van der Waals surface area contributed by atoms with Gasteiger partial charge in [0.25, 0.3) is 11.8 Å². The van der Waals surface area contributed by atoms with Crippen molar-refractivity contribution in [3.8, 4) is 0 Å². The predicted molar refractivity (Wildman–Crippen MR) is 456 cm³/mol. The Kier molecular flexibility index (Phi) is 36.5. The van der Waals surface area contributed by atoms with Crippen molar-refractivity contribution < 1.29 is 91.9 Å². The van der Waals surface area contributed by atoms with Crippen LogP contribution < -0.4 is 31.1 Å². The largest absolute Gasteiger partial charge is 0.481 e. The van der Waals surface area contributed by atoms with Gasteiger partial charge in [-0.2, -0.15) is 0 Å². The lowest BCUT2D eigenvalue weighted by Gasteiger charge is -2.41. The molecule has 8 amide bonds. The van der Waals surface area contributed by atoms with E-state index in [1.54, 1.807) is 65.8 Å². The van der Waals surface area contributed by atoms with Gasteiger partial charge in [-0.15, -0.1) is 0 Å². The maximum atomic E-state index is 15.2. The molecule has 5 rings (SSSR count). The second kappa shape index (κ2) is 43.1. The quantitative estimate of drug-likeness (QED) is 0.0140. The van der Waals surface area contributed by atoms with Crippen LogP contribution in [0.25, 0.3) is 0 Å². The first-order valence-corrected chi connectivity index (χ1v) is 43.1. The number of carboxylic acids is 3. The zero-order valence-electron chi connectivity index (χ0n) is 75.6. The van der Waals surface area contributed by atoms with E-state index in [1.807, 2.05) is 152 Å². The third kappa shape index (κ3) is 27.9. The number of likely N-dealkylation sites (tertiary alicyclic amines) is 2. The van der Waals surface area contributed by atoms with Gasteiger partial charge < -0.3 is 55.9 Å². The van der Waals surface area contributed by atoms with Crippen LogP contribution in [0.5, 0.6) is 0 Å². The predicted octanol–water partition coefficient (Wildman–Crippen LogP) is 13.0. The Balaban J connectivity index is 1.43. The van der Waals surface area contributed by atoms with Gasteiger partial charge in [0.15, 0.2) is 0 Å². The number of benzene rings is 2. The normalized spacial score (nSPS) is 19.8. The number of carboxylic acid groups (broad SMARTS) is 3. The van der Waals surface area contributed by atoms with Crippen molar-refractivity contribution in [2.24, 2.45) is 115 Å². The lowest BCUT2D eigenvalue weighted by Crippen LogP contribution is -2.48. The average molecular weight is 1670 g/mol. The number of cyclic esters (lactones) is 2. The minimum atomic E-state index is -1.42. The summed E-state index contributed by atoms with van der Waals surface area (Å²) in [4.78, 5) is 203. The van der Waals surface area contributed by atoms with E-state index in [0.717, 1.165) is 11.4 Å². The fraction of sp³-hybridized carbons (Fsp3) is 0.717. The van der Waals surface area contributed by atoms with Crippen LogP contribution in [0.3, 0.4) is 0 Å². The number of amides is 8. The van der Waals surface area contributed by atoms with E-state index in [9.17, 15) is 63.3 Å². The number of aliphatic carboxylic acids is 3. The zero-order valence-corrected chi connectivity index (χ0v) is 75.6. The van der Waals surface area contributed by atoms with Crippen molar-refractivity contribution in [1.82, 2.24) is 31.1 Å². The smallest absolute Gasteiger partial charge is 0.317 e. The maximum absolute atomic E-state index is 15.2. The van der Waals surface area contributed by atoms with Crippen LogP contribution in [-0.4, -0.2) is 182 Å². The van der Waals surface area contributed by atoms with Crippen LogP contribution in [0, 0.1) is 115 Å². The highest BCUT2D eigenvalue weighted by Crippen LogP contribution is 2.51. The van der Waals surface area contributed by atoms with Crippen molar-refractivity contribution in [2.75, 3.05) is 83.9 Å². The van der Waals surface area contributed by atoms with Gasteiger partial charge in [-0.05, 0) is 196 Å². The van der Waals surface area contributed by atoms with Gasteiger partial charge in [0.1, 0.15) is 0 Å². The molecule has 12 atom stereocenters. The number of rotatable bonds is 51. The zero-order chi connectivity index (χ0) is 89.9. The molecule has 0 saturated carbocycles. The van der Waals surface area contributed by atoms with Gasteiger partial charge in [-0.1, -0.05) is 131 Å². The summed E-state index contributed by atoms with van der Waals surface area (Å²) in [5, 5.41) is 45.2. The molecule has 27 nitrogen and oxygen atoms in total. The van der Waals surface area contributed by atoms with E-state index in [1.165, 1.54) is 9.80 Å². The van der Waals surface area contributed by atoms with E-state index in [4.69, 9.17) is 9.47 Å². The van der Waals surface area contributed by atoms with Gasteiger partial charge in [0, 0.05) is 90.0 Å². The third-order valence-electron chi connectivity index (χ3n) is 25.7. The highest BCUT2D eigenvalue weighted by molar-refractivity contribution is 6.06. The molecule has 119 heavy (non-hydrogen) atoms. The summed E-state index contributed by atoms with van der Waals surface area (Å²) in [7, 11) is 7.59. The Morgan fingerprint density at radius 1 is 0.462 bits per heavy atom. The number of imide groups is 2. The molecule has 0 bridgehead atoms. The summed E-state index contributed by atoms with van der Waals surface area (Å²) in [6.45, 7) is 35.5. The molecule has 0 spiro atoms. The monoisotopic (exact) mass is 1670 g/mol. The van der Waals surface area contributed by atoms with Crippen LogP contribution in [0.15, 0.2) is 48.5 Å². The third-order valence-corrected chi connectivity index (χ3v) is 25.7. The molecule has 12 unspecified atom stereocenters. The molecule has 0 radical (unpaired) electrons. The van der Waals surface area contributed by atoms with Gasteiger partial charge in [-0.3, -0.25) is 76.9 Å². The lowest BCUT2D eigenvalue weighted by molar-refractivity contribution is -0.164. The summed E-state index contributed by atoms with van der Waals surface area (Å²) in [5.41, 5.74) is -2.78. The number of nitrogens with zero attached hydrogens (tertiary/aromatic N) is 4. The fourth-order valence-corrected chi connectivity index (χ4v) is 18.0. The first-order chi connectivity index (χ1) is 55.2. The second-order valence-electron chi connectivity index (χ2n) is 39.7. The van der Waals surface area contributed by atoms with Crippen molar-refractivity contribution in [2.45, 2.75) is 234 Å². The molecule has 2 aromatic carbocycles. The summed E-state index contributed by atoms with van der Waals surface area (Å²) in [6, 6.07) is 14.2. The van der Waals surface area contributed by atoms with E-state index >= 15 is 19.2 Å². The molecule has 3 heterocycles. The minimum Gasteiger partial charge on any atom is -0.481 e. The number of carbonyl (C=O) groups is 14. The first-order valence-electron chi connectivity index (χ1n) is 43.1. The van der Waals surface area contributed by atoms with Crippen molar-refractivity contribution in [3.63, 3.8) is 0 Å². The van der Waals surface area contributed by atoms with E-state index in [-0.39, 0.29) is 159 Å². The minimum absolute atomic E-state index is 0.0127. The van der Waals surface area contributed by atoms with Crippen molar-refractivity contribution in [1.29, 1.82) is 0 Å². The van der Waals surface area contributed by atoms with Gasteiger partial charge in [-0.25, -0.2) is 0 Å². The van der Waals surface area contributed by atoms with Gasteiger partial charge >= 0.3 is 35.8 Å². The van der Waals surface area contributed by atoms with E-state index in [0.29, 0.717) is 30.4 Å². The molecule has 666 valence electrons. The molecule has 27 heteroatoms. The van der Waals surface area contributed by atoms with Crippen LogP contribution in [0.4, 0.5) is 11.4 Å². The maximum Gasteiger partial charge on any atom is 0.317 e. The summed E-state index contributed by atoms with van der Waals surface area (Å²) in [5.74, 6) is -21.8. The Bertz CT molecular complexity index is 3880. The fourth-order valence-electron chi connectivity index (χ4n) is 18.0. The number of anilines is 2. The number of hydrogen-bond acceptors (Lipinski definition) is 18. The number of carbonyl (C=O) groups excluding carboxylic acids is 11. The Labute approximate surface area is 707 Å². The lowest BCUT2D eigenvalue weighted by atomic mass is 9.63. The number of hydrogen-bond donors (Lipinski definition) is 7. The molecular formula is C92H144N8O19. The Morgan fingerprint density at radius 3 is 1.28 bits per heavy atom. The van der Waals surface area contributed by atoms with Crippen molar-refractivity contribution >= 4 is 94.4 Å². The number of esters is 3. The summed E-state index contributed by atoms with van der Waals surface area (Å²) in [6.07, 6.45) is 2.42. The number of ether oxygens (including phenoxy) is 2. The molecule has 3 fully saturated rings. The van der Waals surface area contributed by atoms with Gasteiger partial charge in [0.2, 0.25) is 35.4 Å². The SMILES string of the molecule is CCOC(=O)C(C(CCC(C)(C)CC1C(=O)OC(=O)C1C)C(=O)O)C(C)(C)CCC(C(=O)O)C(C(=O)NCC(C)C)C(C)(C)CCC1C(=O)N(CC(C)C)C(=O)C1CC(C)(C)CCC1C(=O)N(CCCNC(=O)c2ccc(N(C)C)cc2)C(=O)C1CC(C)(C)CCC(C(=O)O)C(C(=O)NCCCNC(=O)c1ccc(N(C)C)cc1)C(C)(C)CC. The highest BCUT2D eigenvalue weighted by Gasteiger charge is 2.55. The van der Waals surface area contributed by atoms with Crippen LogP contribution in [0.1, 0.15) is 255 Å². The van der Waals surface area contributed by atoms with Crippen LogP contribution in [0.2, 0.25) is 0 Å². The topological polar surface area (TPSA) is 379 Å². The van der Waals surface area contributed by atoms with Crippen molar-refractivity contribution in [3.05, 3.63) is 59.7 Å². The average Bonchev–Trinajstić information content (AvgIpc) is 1.68. The Hall–Kier alpha value is -8.78. The standard InChI is InChI=1S/C92H144N8O19/c1-24-90(14,15)70(75(103)95-47-26-46-93-73(101)58-28-32-60(33-29-58)97(20)21)64(81(109)110)37-42-89(12,13)51-68-62(77(105)99(79(68)107)49-27-48-94-74(102)59-30-34-61(35-31-59)98(22)23)36-41-88(10,11)52-69-63(78(106)100(80(69)108)54-56(5)6)39-44-91(16,17)71(76(104)96-53-55(3)4)65(82(111)112)40-45-92(18,19)72(86(117)118-25-2)66(83(113)114)38-43-87(8,9)50-67-57(7)84(115)119-85(67)116/h28-35,55-57,62-72H,24-27,36-54H2,1-23H3,(H,93,101)(H,94,102)(H,95,103)(H,96,104)(H,109,110)(H,111,112)(H,113,114).